The highest BCUT2D eigenvalue weighted by molar-refractivity contribution is 14.1. The van der Waals surface area contributed by atoms with Gasteiger partial charge in [0.15, 0.2) is 5.15 Å². The fourth-order valence-electron chi connectivity index (χ4n) is 0.438. The van der Waals surface area contributed by atoms with Gasteiger partial charge in [-0.05, 0) is 41.1 Å². The Balaban J connectivity index is 3.17. The van der Waals surface area contributed by atoms with E-state index < -0.39 is 0 Å². The summed E-state index contributed by atoms with van der Waals surface area (Å²) in [5.74, 6) is 0. The molecule has 1 heterocycles. The van der Waals surface area contributed by atoms with Crippen molar-refractivity contribution in [2.75, 3.05) is 0 Å². The Morgan fingerprint density at radius 3 is 2.67 bits per heavy atom. The summed E-state index contributed by atoms with van der Waals surface area (Å²) in [5, 5.41) is 7.91. The zero-order valence-electron chi connectivity index (χ0n) is 4.73. The summed E-state index contributed by atoms with van der Waals surface area (Å²) in [7, 11) is 0. The van der Waals surface area contributed by atoms with Gasteiger partial charge in [-0.2, -0.15) is 0 Å². The van der Waals surface area contributed by atoms with Gasteiger partial charge in [-0.15, -0.1) is 10.2 Å². The number of hydrogen-bond donors (Lipinski definition) is 0. The van der Waals surface area contributed by atoms with Crippen LogP contribution in [0.5, 0.6) is 0 Å². The predicted molar refractivity (Wildman–Crippen MR) is 44.5 cm³/mol. The first kappa shape index (κ1) is 7.21. The molecule has 0 radical (unpaired) electrons. The maximum Gasteiger partial charge on any atom is 0.154 e. The molecule has 0 unspecified atom stereocenters. The minimum Gasteiger partial charge on any atom is -0.143 e. The first-order valence-corrected chi connectivity index (χ1v) is 3.81. The van der Waals surface area contributed by atoms with E-state index in [4.69, 9.17) is 11.6 Å². The van der Waals surface area contributed by atoms with Crippen LogP contribution in [0.25, 0.3) is 0 Å². The number of halogens is 2. The molecule has 0 aliphatic carbocycles. The van der Waals surface area contributed by atoms with Crippen LogP contribution in [0.15, 0.2) is 6.07 Å². The lowest BCUT2D eigenvalue weighted by Crippen LogP contribution is -1.88. The van der Waals surface area contributed by atoms with E-state index in [0.717, 1.165) is 9.26 Å². The van der Waals surface area contributed by atoms with E-state index in [-0.39, 0.29) is 0 Å². The van der Waals surface area contributed by atoms with Gasteiger partial charge in [0, 0.05) is 0 Å². The smallest absolute Gasteiger partial charge is 0.143 e. The summed E-state index contributed by atoms with van der Waals surface area (Å²) in [4.78, 5) is 0. The van der Waals surface area contributed by atoms with Crippen LogP contribution in [-0.2, 0) is 0 Å². The van der Waals surface area contributed by atoms with Crippen molar-refractivity contribution >= 4 is 34.2 Å². The highest BCUT2D eigenvalue weighted by Crippen LogP contribution is 2.10. The van der Waals surface area contributed by atoms with Crippen molar-refractivity contribution < 1.29 is 0 Å². The van der Waals surface area contributed by atoms with Crippen molar-refractivity contribution in [2.45, 2.75) is 6.92 Å². The molecule has 0 N–H and O–H groups in total. The fourth-order valence-corrected chi connectivity index (χ4v) is 1.10. The van der Waals surface area contributed by atoms with E-state index in [1.807, 2.05) is 13.0 Å². The van der Waals surface area contributed by atoms with Gasteiger partial charge in [0.1, 0.15) is 3.70 Å². The quantitative estimate of drug-likeness (QED) is 0.662. The van der Waals surface area contributed by atoms with E-state index in [1.165, 1.54) is 0 Å². The predicted octanol–water partition coefficient (Wildman–Crippen LogP) is 2.04. The molecule has 0 spiro atoms. The zero-order chi connectivity index (χ0) is 6.85. The lowest BCUT2D eigenvalue weighted by Gasteiger charge is -1.92. The number of nitrogens with zero attached hydrogens (tertiary/aromatic N) is 2. The Morgan fingerprint density at radius 2 is 2.22 bits per heavy atom. The second kappa shape index (κ2) is 2.79. The second-order valence-corrected chi connectivity index (χ2v) is 3.10. The molecule has 1 aromatic heterocycles. The fraction of sp³-hybridized carbons (Fsp3) is 0.200. The summed E-state index contributed by atoms with van der Waals surface area (Å²) >= 11 is 7.69. The minimum absolute atomic E-state index is 0.482. The van der Waals surface area contributed by atoms with Gasteiger partial charge < -0.3 is 0 Å². The molecule has 0 saturated carbocycles. The van der Waals surface area contributed by atoms with Crippen molar-refractivity contribution in [1.82, 2.24) is 10.2 Å². The molecular formula is C5H4ClIN2. The van der Waals surface area contributed by atoms with Crippen LogP contribution < -0.4 is 0 Å². The van der Waals surface area contributed by atoms with Crippen molar-refractivity contribution in [3.63, 3.8) is 0 Å². The van der Waals surface area contributed by atoms with Crippen molar-refractivity contribution in [1.29, 1.82) is 0 Å². The molecule has 0 aliphatic heterocycles. The van der Waals surface area contributed by atoms with Crippen molar-refractivity contribution in [2.24, 2.45) is 0 Å². The largest absolute Gasteiger partial charge is 0.154 e. The van der Waals surface area contributed by atoms with Gasteiger partial charge >= 0.3 is 0 Å². The average molecular weight is 254 g/mol. The molecule has 0 fully saturated rings. The van der Waals surface area contributed by atoms with Gasteiger partial charge in [-0.25, -0.2) is 0 Å². The van der Waals surface area contributed by atoms with Gasteiger partial charge in [0.05, 0.1) is 0 Å². The van der Waals surface area contributed by atoms with Crippen LogP contribution in [0.2, 0.25) is 5.15 Å². The van der Waals surface area contributed by atoms with E-state index in [0.29, 0.717) is 5.15 Å². The summed E-state index contributed by atoms with van der Waals surface area (Å²) in [5.41, 5.74) is 0.969. The van der Waals surface area contributed by atoms with E-state index in [2.05, 4.69) is 32.8 Å². The molecule has 1 aromatic rings. The highest BCUT2D eigenvalue weighted by atomic mass is 127. The Bertz CT molecular complexity index is 226. The Kier molecular flexibility index (Phi) is 2.23. The normalized spacial score (nSPS) is 9.67. The Hall–Kier alpha value is 0.1000. The molecule has 1 rings (SSSR count). The van der Waals surface area contributed by atoms with E-state index in [9.17, 15) is 0 Å². The monoisotopic (exact) mass is 254 g/mol. The van der Waals surface area contributed by atoms with Crippen LogP contribution in [0.3, 0.4) is 0 Å². The Morgan fingerprint density at radius 1 is 1.56 bits per heavy atom. The van der Waals surface area contributed by atoms with Crippen LogP contribution in [0.1, 0.15) is 5.56 Å². The zero-order valence-corrected chi connectivity index (χ0v) is 7.64. The minimum atomic E-state index is 0.482. The first-order valence-electron chi connectivity index (χ1n) is 2.35. The van der Waals surface area contributed by atoms with Gasteiger partial charge in [-0.1, -0.05) is 11.6 Å². The third kappa shape index (κ3) is 1.76. The Labute approximate surface area is 71.8 Å². The van der Waals surface area contributed by atoms with E-state index >= 15 is 0 Å². The van der Waals surface area contributed by atoms with Crippen LogP contribution in [0.4, 0.5) is 0 Å². The van der Waals surface area contributed by atoms with Crippen LogP contribution in [0, 0.1) is 10.6 Å². The first-order chi connectivity index (χ1) is 4.20. The van der Waals surface area contributed by atoms with Gasteiger partial charge in [0.2, 0.25) is 0 Å². The van der Waals surface area contributed by atoms with Crippen LogP contribution >= 0.6 is 34.2 Å². The molecule has 2 nitrogen and oxygen atoms in total. The molecule has 0 bridgehead atoms. The molecule has 0 saturated heterocycles. The van der Waals surface area contributed by atoms with Gasteiger partial charge in [0.25, 0.3) is 0 Å². The third-order valence-electron chi connectivity index (χ3n) is 0.894. The average Bonchev–Trinajstić information content (AvgIpc) is 1.80. The molecule has 48 valence electrons. The summed E-state index contributed by atoms with van der Waals surface area (Å²) in [6.07, 6.45) is 0. The number of aryl methyl sites for hydroxylation is 1. The maximum absolute atomic E-state index is 5.60. The maximum atomic E-state index is 5.60. The van der Waals surface area contributed by atoms with Crippen LogP contribution in [-0.4, -0.2) is 10.2 Å². The second-order valence-electron chi connectivity index (χ2n) is 1.64. The third-order valence-corrected chi connectivity index (χ3v) is 1.80. The summed E-state index contributed by atoms with van der Waals surface area (Å²) < 4.78 is 0.870. The highest BCUT2D eigenvalue weighted by Gasteiger charge is 1.95. The number of rotatable bonds is 0. The van der Waals surface area contributed by atoms with Crippen molar-refractivity contribution in [3.8, 4) is 0 Å². The molecular weight excluding hydrogens is 250 g/mol. The standard InChI is InChI=1S/C5H4ClIN2/c1-3-2-4(7)8-9-5(3)6/h2H,1H3. The molecule has 0 aliphatic rings. The van der Waals surface area contributed by atoms with Gasteiger partial charge in [-0.3, -0.25) is 0 Å². The molecule has 0 amide bonds. The summed E-state index contributed by atoms with van der Waals surface area (Å²) in [6, 6.07) is 1.88. The number of hydrogen-bond acceptors (Lipinski definition) is 2. The molecule has 9 heavy (non-hydrogen) atoms. The molecule has 0 aromatic carbocycles. The topological polar surface area (TPSA) is 25.8 Å². The molecule has 0 atom stereocenters. The van der Waals surface area contributed by atoms with Crippen molar-refractivity contribution in [3.05, 3.63) is 20.5 Å². The molecule has 4 heteroatoms. The van der Waals surface area contributed by atoms with E-state index in [1.54, 1.807) is 0 Å². The number of aromatic nitrogens is 2. The lowest BCUT2D eigenvalue weighted by molar-refractivity contribution is 0.987. The lowest BCUT2D eigenvalue weighted by atomic mass is 10.4. The summed E-state index contributed by atoms with van der Waals surface area (Å²) in [6.45, 7) is 1.90. The SMILES string of the molecule is Cc1cc(I)nnc1Cl.